The van der Waals surface area contributed by atoms with Crippen molar-refractivity contribution >= 4 is 28.9 Å². The first kappa shape index (κ1) is 21.6. The van der Waals surface area contributed by atoms with Crippen LogP contribution < -0.4 is 0 Å². The topological polar surface area (TPSA) is 106 Å². The molecule has 0 bridgehead atoms. The van der Waals surface area contributed by atoms with Gasteiger partial charge in [-0.25, -0.2) is 18.2 Å². The summed E-state index contributed by atoms with van der Waals surface area (Å²) >= 11 is 0. The Bertz CT molecular complexity index is 1010. The Morgan fingerprint density at radius 2 is 1.60 bits per heavy atom. The molecule has 1 aromatic carbocycles. The van der Waals surface area contributed by atoms with Crippen molar-refractivity contribution in [2.75, 3.05) is 6.61 Å². The van der Waals surface area contributed by atoms with E-state index in [9.17, 15) is 27.6 Å². The highest BCUT2D eigenvalue weighted by Crippen LogP contribution is 2.34. The number of esters is 3. The Labute approximate surface area is 167 Å². The smallest absolute Gasteiger partial charge is 0.303 e. The van der Waals surface area contributed by atoms with Crippen molar-refractivity contribution < 1.29 is 46.5 Å². The van der Waals surface area contributed by atoms with E-state index >= 15 is 0 Å². The largest absolute Gasteiger partial charge is 0.456 e. The summed E-state index contributed by atoms with van der Waals surface area (Å²) in [4.78, 5) is 38.4. The van der Waals surface area contributed by atoms with Crippen molar-refractivity contribution in [3.8, 4) is 0 Å². The van der Waals surface area contributed by atoms with Gasteiger partial charge in [0.1, 0.15) is 5.52 Å². The summed E-state index contributed by atoms with van der Waals surface area (Å²) in [5.41, 5.74) is -0.675. The number of imidazole rings is 1. The van der Waals surface area contributed by atoms with Crippen LogP contribution in [0, 0.1) is 17.5 Å². The predicted molar refractivity (Wildman–Crippen MR) is 91.3 cm³/mol. The number of carbonyl (C=O) groups excluding carboxylic acids is 3. The van der Waals surface area contributed by atoms with Gasteiger partial charge in [0, 0.05) is 26.8 Å². The first-order valence-electron chi connectivity index (χ1n) is 8.73. The molecule has 0 spiro atoms. The van der Waals surface area contributed by atoms with E-state index in [0.29, 0.717) is 6.07 Å². The molecule has 3 rings (SSSR count). The van der Waals surface area contributed by atoms with Crippen LogP contribution in [-0.4, -0.2) is 52.4 Å². The first-order chi connectivity index (χ1) is 14.1. The summed E-state index contributed by atoms with van der Waals surface area (Å²) in [6.45, 7) is 3.01. The first-order valence-corrected chi connectivity index (χ1v) is 8.73. The molecule has 2 aromatic rings. The zero-order chi connectivity index (χ0) is 22.2. The van der Waals surface area contributed by atoms with Crippen molar-refractivity contribution in [1.29, 1.82) is 0 Å². The number of rotatable bonds is 4. The van der Waals surface area contributed by atoms with Gasteiger partial charge in [-0.05, 0) is 0 Å². The maximum Gasteiger partial charge on any atom is 0.303 e. The number of hydrogen-bond acceptors (Lipinski definition) is 8. The van der Waals surface area contributed by atoms with Crippen LogP contribution in [0.5, 0.6) is 0 Å². The molecule has 30 heavy (non-hydrogen) atoms. The molecule has 0 radical (unpaired) electrons. The summed E-state index contributed by atoms with van der Waals surface area (Å²) in [5, 5.41) is 0. The molecular formula is C18H17F3N2O7. The van der Waals surface area contributed by atoms with E-state index in [1.807, 2.05) is 0 Å². The average molecular weight is 430 g/mol. The second kappa shape index (κ2) is 8.30. The maximum atomic E-state index is 14.1. The van der Waals surface area contributed by atoms with Crippen LogP contribution in [0.2, 0.25) is 0 Å². The van der Waals surface area contributed by atoms with Crippen molar-refractivity contribution in [3.05, 3.63) is 29.8 Å². The van der Waals surface area contributed by atoms with Gasteiger partial charge in [-0.3, -0.25) is 19.0 Å². The minimum absolute atomic E-state index is 0.193. The Morgan fingerprint density at radius 1 is 1.00 bits per heavy atom. The quantitative estimate of drug-likeness (QED) is 0.411. The molecule has 1 aromatic heterocycles. The third kappa shape index (κ3) is 4.08. The average Bonchev–Trinajstić information content (AvgIpc) is 3.05. The lowest BCUT2D eigenvalue weighted by atomic mass is 10.0. The van der Waals surface area contributed by atoms with Gasteiger partial charge in [-0.15, -0.1) is 0 Å². The molecule has 12 heteroatoms. The van der Waals surface area contributed by atoms with Crippen molar-refractivity contribution in [3.63, 3.8) is 0 Å². The number of hydrogen-bond donors (Lipinski definition) is 0. The number of nitrogens with zero attached hydrogens (tertiary/aromatic N) is 2. The van der Waals surface area contributed by atoms with Crippen molar-refractivity contribution in [2.24, 2.45) is 0 Å². The summed E-state index contributed by atoms with van der Waals surface area (Å²) in [6, 6.07) is 0.702. The zero-order valence-electron chi connectivity index (χ0n) is 16.1. The highest BCUT2D eigenvalue weighted by molar-refractivity contribution is 5.76. The molecule has 1 saturated heterocycles. The fourth-order valence-corrected chi connectivity index (χ4v) is 3.24. The summed E-state index contributed by atoms with van der Waals surface area (Å²) in [7, 11) is 0. The van der Waals surface area contributed by atoms with E-state index < -0.39 is 65.4 Å². The molecule has 0 saturated carbocycles. The number of halogens is 3. The van der Waals surface area contributed by atoms with Gasteiger partial charge in [0.15, 0.2) is 42.0 Å². The molecule has 0 unspecified atom stereocenters. The molecule has 9 nitrogen and oxygen atoms in total. The minimum Gasteiger partial charge on any atom is -0.456 e. The van der Waals surface area contributed by atoms with Crippen LogP contribution in [0.4, 0.5) is 13.2 Å². The van der Waals surface area contributed by atoms with E-state index in [4.69, 9.17) is 18.9 Å². The molecule has 2 heterocycles. The van der Waals surface area contributed by atoms with Gasteiger partial charge in [0.05, 0.1) is 18.5 Å². The van der Waals surface area contributed by atoms with Gasteiger partial charge in [0.25, 0.3) is 0 Å². The predicted octanol–water partition coefficient (Wildman–Crippen LogP) is 1.78. The molecule has 0 aliphatic carbocycles. The van der Waals surface area contributed by atoms with Crippen molar-refractivity contribution in [1.82, 2.24) is 9.55 Å². The summed E-state index contributed by atoms with van der Waals surface area (Å²) in [5.74, 6) is -6.91. The van der Waals surface area contributed by atoms with E-state index in [1.165, 1.54) is 0 Å². The fraction of sp³-hybridized carbons (Fsp3) is 0.444. The maximum absolute atomic E-state index is 14.1. The number of aromatic nitrogens is 2. The van der Waals surface area contributed by atoms with E-state index in [-0.39, 0.29) is 12.1 Å². The van der Waals surface area contributed by atoms with Gasteiger partial charge < -0.3 is 18.9 Å². The lowest BCUT2D eigenvalue weighted by Gasteiger charge is -2.40. The molecule has 1 fully saturated rings. The third-order valence-corrected chi connectivity index (χ3v) is 4.30. The standard InChI is InChI=1S/C18H17F3N2O7/c1-7(24)28-12-5-27-18(17(30-9(3)26)16(12)29-8(2)25)23-6-22-15-11(23)4-10(19)13(20)14(15)21/h4,6,12,16-18H,5H2,1-3H3/t12-,16-,17-,18-/m1/s1. The zero-order valence-corrected chi connectivity index (χ0v) is 16.1. The SMILES string of the molecule is CC(=O)O[C@@H]1[C@H](OC(C)=O)[C@H](OC(C)=O)CO[C@H]1n1cnc2c(F)c(F)c(F)cc21. The number of carbonyl (C=O) groups is 3. The Kier molecular flexibility index (Phi) is 5.97. The third-order valence-electron chi connectivity index (χ3n) is 4.30. The number of benzene rings is 1. The molecule has 1 aliphatic heterocycles. The molecular weight excluding hydrogens is 413 g/mol. The Hall–Kier alpha value is -3.15. The van der Waals surface area contributed by atoms with Crippen LogP contribution in [0.3, 0.4) is 0 Å². The second-order valence-corrected chi connectivity index (χ2v) is 6.53. The molecule has 0 amide bonds. The van der Waals surface area contributed by atoms with Gasteiger partial charge >= 0.3 is 17.9 Å². The lowest BCUT2D eigenvalue weighted by Crippen LogP contribution is -2.55. The van der Waals surface area contributed by atoms with Crippen LogP contribution >= 0.6 is 0 Å². The summed E-state index contributed by atoms with van der Waals surface area (Å²) < 4.78 is 63.7. The lowest BCUT2D eigenvalue weighted by molar-refractivity contribution is -0.239. The molecule has 0 N–H and O–H groups in total. The monoisotopic (exact) mass is 430 g/mol. The van der Waals surface area contributed by atoms with Crippen LogP contribution in [-0.2, 0) is 33.3 Å². The second-order valence-electron chi connectivity index (χ2n) is 6.53. The highest BCUT2D eigenvalue weighted by atomic mass is 19.2. The fourth-order valence-electron chi connectivity index (χ4n) is 3.24. The number of fused-ring (bicyclic) bond motifs is 1. The van der Waals surface area contributed by atoms with Crippen LogP contribution in [0.25, 0.3) is 11.0 Å². The van der Waals surface area contributed by atoms with Gasteiger partial charge in [-0.2, -0.15) is 0 Å². The normalized spacial score (nSPS) is 23.8. The molecule has 162 valence electrons. The number of ether oxygens (including phenoxy) is 4. The minimum atomic E-state index is -1.69. The van der Waals surface area contributed by atoms with Crippen LogP contribution in [0.15, 0.2) is 12.4 Å². The van der Waals surface area contributed by atoms with Gasteiger partial charge in [0.2, 0.25) is 0 Å². The van der Waals surface area contributed by atoms with E-state index in [2.05, 4.69) is 4.98 Å². The van der Waals surface area contributed by atoms with Crippen molar-refractivity contribution in [2.45, 2.75) is 45.3 Å². The van der Waals surface area contributed by atoms with Crippen LogP contribution in [0.1, 0.15) is 27.0 Å². The Morgan fingerprint density at radius 3 is 2.20 bits per heavy atom. The summed E-state index contributed by atoms with van der Waals surface area (Å²) in [6.07, 6.45) is -4.03. The van der Waals surface area contributed by atoms with Gasteiger partial charge in [-0.1, -0.05) is 0 Å². The van der Waals surface area contributed by atoms with E-state index in [1.54, 1.807) is 0 Å². The molecule has 1 aliphatic rings. The highest BCUT2D eigenvalue weighted by Gasteiger charge is 2.48. The van der Waals surface area contributed by atoms with E-state index in [0.717, 1.165) is 31.7 Å². The molecule has 4 atom stereocenters. The Balaban J connectivity index is 2.09.